The van der Waals surface area contributed by atoms with Crippen molar-refractivity contribution in [2.45, 2.75) is 20.8 Å². The molecule has 0 bridgehead atoms. The van der Waals surface area contributed by atoms with Gasteiger partial charge in [0.1, 0.15) is 5.69 Å². The fraction of sp³-hybridized carbons (Fsp3) is 0.429. The van der Waals surface area contributed by atoms with Crippen LogP contribution in [0.25, 0.3) is 0 Å². The van der Waals surface area contributed by atoms with Gasteiger partial charge in [-0.2, -0.15) is 0 Å². The van der Waals surface area contributed by atoms with Crippen molar-refractivity contribution in [1.29, 1.82) is 0 Å². The summed E-state index contributed by atoms with van der Waals surface area (Å²) >= 11 is 0. The lowest BCUT2D eigenvalue weighted by Gasteiger charge is -2.07. The van der Waals surface area contributed by atoms with Crippen molar-refractivity contribution in [2.75, 3.05) is 13.2 Å². The number of Topliss-reactive ketones (excluding diaryl/α,β-unsaturated/α-hetero) is 1. The number of hydrogen-bond donors (Lipinski definition) is 1. The van der Waals surface area contributed by atoms with Crippen LogP contribution in [0.15, 0.2) is 18.3 Å². The number of pyridine rings is 1. The summed E-state index contributed by atoms with van der Waals surface area (Å²) in [4.78, 5) is 38.4. The van der Waals surface area contributed by atoms with Crippen molar-refractivity contribution < 1.29 is 19.1 Å². The number of ether oxygens (including phenoxy) is 1. The fourth-order valence-corrected chi connectivity index (χ4v) is 1.33. The molecule has 1 amide bonds. The molecule has 1 aromatic heterocycles. The van der Waals surface area contributed by atoms with Gasteiger partial charge < -0.3 is 10.1 Å². The van der Waals surface area contributed by atoms with Crippen LogP contribution in [0.5, 0.6) is 0 Å². The van der Waals surface area contributed by atoms with E-state index in [-0.39, 0.29) is 36.1 Å². The Bertz CT molecular complexity index is 494. The van der Waals surface area contributed by atoms with Gasteiger partial charge in [0.05, 0.1) is 18.7 Å². The first kappa shape index (κ1) is 15.8. The van der Waals surface area contributed by atoms with Crippen molar-refractivity contribution in [3.05, 3.63) is 29.6 Å². The maximum absolute atomic E-state index is 11.8. The monoisotopic (exact) mass is 278 g/mol. The zero-order valence-electron chi connectivity index (χ0n) is 11.8. The maximum Gasteiger partial charge on any atom is 0.356 e. The normalized spacial score (nSPS) is 10.2. The summed E-state index contributed by atoms with van der Waals surface area (Å²) in [6.07, 6.45) is 1.28. The van der Waals surface area contributed by atoms with Gasteiger partial charge in [0, 0.05) is 12.1 Å². The SMILES string of the molecule is CCOC(=O)c1ccc(C(=O)NCC(=O)C(C)C)cn1. The van der Waals surface area contributed by atoms with Crippen LogP contribution in [0.4, 0.5) is 0 Å². The Morgan fingerprint density at radius 1 is 1.30 bits per heavy atom. The van der Waals surface area contributed by atoms with E-state index in [1.165, 1.54) is 18.3 Å². The molecule has 1 heterocycles. The van der Waals surface area contributed by atoms with E-state index in [9.17, 15) is 14.4 Å². The number of nitrogens with one attached hydrogen (secondary N) is 1. The standard InChI is InChI=1S/C14H18N2O4/c1-4-20-14(19)11-6-5-10(7-15-11)13(18)16-8-12(17)9(2)3/h5-7,9H,4,8H2,1-3H3,(H,16,18). The van der Waals surface area contributed by atoms with Crippen molar-refractivity contribution in [3.63, 3.8) is 0 Å². The Balaban J connectivity index is 2.62. The summed E-state index contributed by atoms with van der Waals surface area (Å²) in [6.45, 7) is 5.48. The zero-order chi connectivity index (χ0) is 15.1. The smallest absolute Gasteiger partial charge is 0.356 e. The average molecular weight is 278 g/mol. The van der Waals surface area contributed by atoms with Gasteiger partial charge in [0.2, 0.25) is 0 Å². The number of ketones is 1. The summed E-state index contributed by atoms with van der Waals surface area (Å²) in [5.74, 6) is -1.11. The molecule has 1 N–H and O–H groups in total. The van der Waals surface area contributed by atoms with Crippen LogP contribution in [0.1, 0.15) is 41.6 Å². The topological polar surface area (TPSA) is 85.4 Å². The highest BCUT2D eigenvalue weighted by Crippen LogP contribution is 2.02. The molecule has 0 radical (unpaired) electrons. The number of esters is 1. The third-order valence-electron chi connectivity index (χ3n) is 2.58. The lowest BCUT2D eigenvalue weighted by atomic mass is 10.1. The molecule has 0 aromatic carbocycles. The van der Waals surface area contributed by atoms with E-state index in [1.54, 1.807) is 20.8 Å². The van der Waals surface area contributed by atoms with E-state index in [1.807, 2.05) is 0 Å². The molecule has 108 valence electrons. The lowest BCUT2D eigenvalue weighted by Crippen LogP contribution is -2.31. The van der Waals surface area contributed by atoms with Gasteiger partial charge in [-0.15, -0.1) is 0 Å². The second kappa shape index (κ2) is 7.37. The molecular weight excluding hydrogens is 260 g/mol. The van der Waals surface area contributed by atoms with Crippen molar-refractivity contribution >= 4 is 17.7 Å². The van der Waals surface area contributed by atoms with Gasteiger partial charge in [0.25, 0.3) is 5.91 Å². The van der Waals surface area contributed by atoms with E-state index in [4.69, 9.17) is 4.74 Å². The first-order valence-corrected chi connectivity index (χ1v) is 6.39. The Kier molecular flexibility index (Phi) is 5.83. The molecule has 6 nitrogen and oxygen atoms in total. The number of rotatable bonds is 6. The molecule has 0 saturated heterocycles. The molecule has 6 heteroatoms. The number of amides is 1. The van der Waals surface area contributed by atoms with Gasteiger partial charge >= 0.3 is 5.97 Å². The van der Waals surface area contributed by atoms with Gasteiger partial charge in [-0.25, -0.2) is 9.78 Å². The third-order valence-corrected chi connectivity index (χ3v) is 2.58. The molecule has 0 unspecified atom stereocenters. The minimum atomic E-state index is -0.533. The molecule has 0 aliphatic carbocycles. The number of nitrogens with zero attached hydrogens (tertiary/aromatic N) is 1. The number of carbonyl (C=O) groups is 3. The summed E-state index contributed by atoms with van der Waals surface area (Å²) in [5, 5.41) is 2.51. The fourth-order valence-electron chi connectivity index (χ4n) is 1.33. The Morgan fingerprint density at radius 3 is 2.50 bits per heavy atom. The Morgan fingerprint density at radius 2 is 2.00 bits per heavy atom. The van der Waals surface area contributed by atoms with Crippen molar-refractivity contribution in [1.82, 2.24) is 10.3 Å². The maximum atomic E-state index is 11.8. The molecule has 0 atom stereocenters. The summed E-state index contributed by atoms with van der Waals surface area (Å²) in [6, 6.07) is 2.88. The number of hydrogen-bond acceptors (Lipinski definition) is 5. The van der Waals surface area contributed by atoms with E-state index < -0.39 is 11.9 Å². The van der Waals surface area contributed by atoms with Crippen LogP contribution >= 0.6 is 0 Å². The lowest BCUT2D eigenvalue weighted by molar-refractivity contribution is -0.120. The molecule has 0 spiro atoms. The van der Waals surface area contributed by atoms with E-state index in [2.05, 4.69) is 10.3 Å². The predicted molar refractivity (Wildman–Crippen MR) is 72.4 cm³/mol. The zero-order valence-corrected chi connectivity index (χ0v) is 11.8. The largest absolute Gasteiger partial charge is 0.461 e. The van der Waals surface area contributed by atoms with Crippen molar-refractivity contribution in [3.8, 4) is 0 Å². The first-order valence-electron chi connectivity index (χ1n) is 6.39. The van der Waals surface area contributed by atoms with Gasteiger partial charge in [0.15, 0.2) is 5.78 Å². The number of aromatic nitrogens is 1. The van der Waals surface area contributed by atoms with Crippen LogP contribution in [0.2, 0.25) is 0 Å². The molecule has 1 aromatic rings. The Labute approximate surface area is 117 Å². The minimum Gasteiger partial charge on any atom is -0.461 e. The summed E-state index contributed by atoms with van der Waals surface area (Å²) in [7, 11) is 0. The van der Waals surface area contributed by atoms with Gasteiger partial charge in [-0.1, -0.05) is 13.8 Å². The van der Waals surface area contributed by atoms with Crippen LogP contribution in [0.3, 0.4) is 0 Å². The Hall–Kier alpha value is -2.24. The quantitative estimate of drug-likeness (QED) is 0.791. The highest BCUT2D eigenvalue weighted by molar-refractivity contribution is 5.97. The third kappa shape index (κ3) is 4.46. The van der Waals surface area contributed by atoms with Gasteiger partial charge in [-0.3, -0.25) is 9.59 Å². The highest BCUT2D eigenvalue weighted by Gasteiger charge is 2.13. The number of carbonyl (C=O) groups excluding carboxylic acids is 3. The summed E-state index contributed by atoms with van der Waals surface area (Å²) in [5.41, 5.74) is 0.427. The van der Waals surface area contributed by atoms with E-state index >= 15 is 0 Å². The van der Waals surface area contributed by atoms with Crippen LogP contribution < -0.4 is 5.32 Å². The minimum absolute atomic E-state index is 0.0177. The summed E-state index contributed by atoms with van der Waals surface area (Å²) < 4.78 is 4.79. The highest BCUT2D eigenvalue weighted by atomic mass is 16.5. The van der Waals surface area contributed by atoms with Crippen LogP contribution in [0, 0.1) is 5.92 Å². The molecule has 0 saturated carbocycles. The van der Waals surface area contributed by atoms with E-state index in [0.29, 0.717) is 0 Å². The first-order chi connectivity index (χ1) is 9.45. The van der Waals surface area contributed by atoms with E-state index in [0.717, 1.165) is 0 Å². The average Bonchev–Trinajstić information content (AvgIpc) is 2.44. The predicted octanol–water partition coefficient (Wildman–Crippen LogP) is 1.21. The second-order valence-corrected chi connectivity index (χ2v) is 4.46. The molecular formula is C14H18N2O4. The van der Waals surface area contributed by atoms with Gasteiger partial charge in [-0.05, 0) is 19.1 Å². The molecule has 0 aliphatic heterocycles. The molecule has 1 rings (SSSR count). The molecule has 0 fully saturated rings. The van der Waals surface area contributed by atoms with Crippen LogP contribution in [-0.2, 0) is 9.53 Å². The molecule has 20 heavy (non-hydrogen) atoms. The van der Waals surface area contributed by atoms with Crippen molar-refractivity contribution in [2.24, 2.45) is 5.92 Å². The second-order valence-electron chi connectivity index (χ2n) is 4.46. The van der Waals surface area contributed by atoms with Crippen LogP contribution in [-0.4, -0.2) is 35.8 Å². The molecule has 0 aliphatic rings.